The second-order valence-corrected chi connectivity index (χ2v) is 4.72. The molecule has 96 valence electrons. The SMILES string of the molecule is O=C(c1ccccc1)c1cc2n(c1)CCC2C(=O)O. The number of carbonyl (C=O) groups excluding carboxylic acids is 1. The fraction of sp³-hybridized carbons (Fsp3) is 0.200. The molecule has 0 saturated carbocycles. The summed E-state index contributed by atoms with van der Waals surface area (Å²) in [7, 11) is 0. The third kappa shape index (κ3) is 1.95. The summed E-state index contributed by atoms with van der Waals surface area (Å²) in [5.74, 6) is -1.38. The van der Waals surface area contributed by atoms with E-state index in [1.54, 1.807) is 24.4 Å². The van der Waals surface area contributed by atoms with E-state index in [4.69, 9.17) is 5.11 Å². The standard InChI is InChI=1S/C15H13NO3/c17-14(10-4-2-1-3-5-10)11-8-13-12(15(18)19)6-7-16(13)9-11/h1-5,8-9,12H,6-7H2,(H,18,19). The van der Waals surface area contributed by atoms with Gasteiger partial charge in [-0.25, -0.2) is 0 Å². The highest BCUT2D eigenvalue weighted by Gasteiger charge is 2.30. The molecule has 1 aliphatic heterocycles. The van der Waals surface area contributed by atoms with Crippen molar-refractivity contribution >= 4 is 11.8 Å². The van der Waals surface area contributed by atoms with Gasteiger partial charge in [0.15, 0.2) is 5.78 Å². The molecule has 1 aromatic carbocycles. The predicted molar refractivity (Wildman–Crippen MR) is 69.3 cm³/mol. The molecule has 2 heterocycles. The number of aryl methyl sites for hydroxylation is 1. The minimum absolute atomic E-state index is 0.0633. The summed E-state index contributed by atoms with van der Waals surface area (Å²) in [6.45, 7) is 0.661. The third-order valence-corrected chi connectivity index (χ3v) is 3.54. The molecule has 1 N–H and O–H groups in total. The van der Waals surface area contributed by atoms with Gasteiger partial charge < -0.3 is 9.67 Å². The van der Waals surface area contributed by atoms with Crippen LogP contribution in [0.15, 0.2) is 42.6 Å². The van der Waals surface area contributed by atoms with E-state index in [2.05, 4.69) is 0 Å². The molecule has 0 amide bonds. The zero-order valence-corrected chi connectivity index (χ0v) is 10.2. The first-order valence-electron chi connectivity index (χ1n) is 6.19. The zero-order valence-electron chi connectivity index (χ0n) is 10.2. The highest BCUT2D eigenvalue weighted by atomic mass is 16.4. The lowest BCUT2D eigenvalue weighted by molar-refractivity contribution is -0.138. The number of hydrogen-bond donors (Lipinski definition) is 1. The van der Waals surface area contributed by atoms with Crippen LogP contribution in [0.3, 0.4) is 0 Å². The number of aliphatic carboxylic acids is 1. The normalized spacial score (nSPS) is 17.2. The van der Waals surface area contributed by atoms with Crippen LogP contribution in [0.25, 0.3) is 0 Å². The van der Waals surface area contributed by atoms with Gasteiger partial charge in [0.1, 0.15) is 0 Å². The number of benzene rings is 1. The summed E-state index contributed by atoms with van der Waals surface area (Å²) < 4.78 is 1.87. The molecule has 1 aromatic heterocycles. The van der Waals surface area contributed by atoms with E-state index in [-0.39, 0.29) is 5.78 Å². The fourth-order valence-corrected chi connectivity index (χ4v) is 2.56. The Hall–Kier alpha value is -2.36. The highest BCUT2D eigenvalue weighted by molar-refractivity contribution is 6.09. The fourth-order valence-electron chi connectivity index (χ4n) is 2.56. The Morgan fingerprint density at radius 3 is 2.58 bits per heavy atom. The number of nitrogens with zero attached hydrogens (tertiary/aromatic N) is 1. The van der Waals surface area contributed by atoms with Gasteiger partial charge in [-0.2, -0.15) is 0 Å². The summed E-state index contributed by atoms with van der Waals surface area (Å²) in [5.41, 5.74) is 1.91. The lowest BCUT2D eigenvalue weighted by Crippen LogP contribution is -2.07. The van der Waals surface area contributed by atoms with Gasteiger partial charge in [0.2, 0.25) is 0 Å². The van der Waals surface area contributed by atoms with E-state index in [1.165, 1.54) is 0 Å². The number of hydrogen-bond acceptors (Lipinski definition) is 2. The lowest BCUT2D eigenvalue weighted by Gasteiger charge is -2.01. The summed E-state index contributed by atoms with van der Waals surface area (Å²) in [6, 6.07) is 10.7. The summed E-state index contributed by atoms with van der Waals surface area (Å²) in [5, 5.41) is 9.13. The molecular formula is C15H13NO3. The molecule has 0 radical (unpaired) electrons. The Morgan fingerprint density at radius 1 is 1.16 bits per heavy atom. The van der Waals surface area contributed by atoms with Crippen molar-refractivity contribution in [2.24, 2.45) is 0 Å². The van der Waals surface area contributed by atoms with Crippen molar-refractivity contribution in [2.75, 3.05) is 0 Å². The first kappa shape index (κ1) is 11.7. The van der Waals surface area contributed by atoms with Gasteiger partial charge in [-0.1, -0.05) is 30.3 Å². The Labute approximate surface area is 110 Å². The molecular weight excluding hydrogens is 242 g/mol. The van der Waals surface area contributed by atoms with Gasteiger partial charge in [-0.15, -0.1) is 0 Å². The van der Waals surface area contributed by atoms with Crippen molar-refractivity contribution in [3.8, 4) is 0 Å². The summed E-state index contributed by atoms with van der Waals surface area (Å²) >= 11 is 0. The number of aromatic nitrogens is 1. The number of carboxylic acids is 1. The maximum Gasteiger partial charge on any atom is 0.312 e. The third-order valence-electron chi connectivity index (χ3n) is 3.54. The van der Waals surface area contributed by atoms with E-state index in [0.717, 1.165) is 5.69 Å². The van der Waals surface area contributed by atoms with Crippen molar-refractivity contribution in [1.82, 2.24) is 4.57 Å². The monoisotopic (exact) mass is 255 g/mol. The molecule has 0 bridgehead atoms. The Balaban J connectivity index is 1.95. The second-order valence-electron chi connectivity index (χ2n) is 4.72. The average Bonchev–Trinajstić information content (AvgIpc) is 2.98. The maximum absolute atomic E-state index is 12.3. The molecule has 0 spiro atoms. The molecule has 1 aliphatic rings. The topological polar surface area (TPSA) is 59.3 Å². The largest absolute Gasteiger partial charge is 0.481 e. The molecule has 1 atom stereocenters. The van der Waals surface area contributed by atoms with Crippen molar-refractivity contribution in [2.45, 2.75) is 18.9 Å². The van der Waals surface area contributed by atoms with Crippen molar-refractivity contribution in [3.63, 3.8) is 0 Å². The van der Waals surface area contributed by atoms with Crippen LogP contribution in [0.1, 0.15) is 34.0 Å². The minimum atomic E-state index is -0.824. The smallest absolute Gasteiger partial charge is 0.312 e. The van der Waals surface area contributed by atoms with E-state index in [0.29, 0.717) is 24.1 Å². The highest BCUT2D eigenvalue weighted by Crippen LogP contribution is 2.30. The van der Waals surface area contributed by atoms with Gasteiger partial charge in [-0.05, 0) is 12.5 Å². The Morgan fingerprint density at radius 2 is 1.89 bits per heavy atom. The molecule has 2 aromatic rings. The van der Waals surface area contributed by atoms with E-state index < -0.39 is 11.9 Å². The molecule has 0 aliphatic carbocycles. The summed E-state index contributed by atoms with van der Waals surface area (Å²) in [4.78, 5) is 23.4. The Bertz CT molecular complexity index is 643. The van der Waals surface area contributed by atoms with Crippen molar-refractivity contribution < 1.29 is 14.7 Å². The van der Waals surface area contributed by atoms with Gasteiger partial charge >= 0.3 is 5.97 Å². The van der Waals surface area contributed by atoms with Gasteiger partial charge in [0, 0.05) is 29.6 Å². The van der Waals surface area contributed by atoms with Crippen LogP contribution in [0.4, 0.5) is 0 Å². The lowest BCUT2D eigenvalue weighted by atomic mass is 10.0. The quantitative estimate of drug-likeness (QED) is 0.856. The number of fused-ring (bicyclic) bond motifs is 1. The second kappa shape index (κ2) is 4.39. The molecule has 0 fully saturated rings. The van der Waals surface area contributed by atoms with E-state index in [9.17, 15) is 9.59 Å². The predicted octanol–water partition coefficient (Wildman–Crippen LogP) is 2.29. The van der Waals surface area contributed by atoms with Crippen LogP contribution in [0.5, 0.6) is 0 Å². The molecule has 0 saturated heterocycles. The first-order chi connectivity index (χ1) is 9.16. The number of rotatable bonds is 3. The molecule has 3 rings (SSSR count). The van der Waals surface area contributed by atoms with Crippen molar-refractivity contribution in [3.05, 3.63) is 59.4 Å². The maximum atomic E-state index is 12.3. The van der Waals surface area contributed by atoms with Gasteiger partial charge in [0.05, 0.1) is 5.92 Å². The van der Waals surface area contributed by atoms with Gasteiger partial charge in [0.25, 0.3) is 0 Å². The van der Waals surface area contributed by atoms with Crippen LogP contribution in [-0.4, -0.2) is 21.4 Å². The first-order valence-corrected chi connectivity index (χ1v) is 6.19. The van der Waals surface area contributed by atoms with E-state index >= 15 is 0 Å². The molecule has 4 heteroatoms. The van der Waals surface area contributed by atoms with Crippen LogP contribution in [-0.2, 0) is 11.3 Å². The average molecular weight is 255 g/mol. The zero-order chi connectivity index (χ0) is 13.4. The molecule has 1 unspecified atom stereocenters. The summed E-state index contributed by atoms with van der Waals surface area (Å²) in [6.07, 6.45) is 2.36. The molecule has 4 nitrogen and oxygen atoms in total. The number of carbonyl (C=O) groups is 2. The van der Waals surface area contributed by atoms with Crippen LogP contribution in [0, 0.1) is 0 Å². The Kier molecular flexibility index (Phi) is 2.71. The van der Waals surface area contributed by atoms with Crippen LogP contribution >= 0.6 is 0 Å². The minimum Gasteiger partial charge on any atom is -0.481 e. The molecule has 19 heavy (non-hydrogen) atoms. The van der Waals surface area contributed by atoms with E-state index in [1.807, 2.05) is 22.8 Å². The number of carboxylic acid groups (broad SMARTS) is 1. The van der Waals surface area contributed by atoms with Crippen LogP contribution < -0.4 is 0 Å². The van der Waals surface area contributed by atoms with Crippen LogP contribution in [0.2, 0.25) is 0 Å². The number of ketones is 1. The van der Waals surface area contributed by atoms with Gasteiger partial charge in [-0.3, -0.25) is 9.59 Å². The van der Waals surface area contributed by atoms with Crippen molar-refractivity contribution in [1.29, 1.82) is 0 Å².